The molecule has 1 N–H and O–H groups in total. The van der Waals surface area contributed by atoms with Crippen molar-refractivity contribution in [3.05, 3.63) is 103 Å². The molecule has 2 heteroatoms. The van der Waals surface area contributed by atoms with Crippen molar-refractivity contribution in [1.29, 1.82) is 0 Å². The molecule has 0 unspecified atom stereocenters. The number of hydrazone groups is 1. The summed E-state index contributed by atoms with van der Waals surface area (Å²) in [5.41, 5.74) is 7.54. The third kappa shape index (κ3) is 3.43. The van der Waals surface area contributed by atoms with E-state index in [2.05, 4.69) is 77.3 Å². The fourth-order valence-electron chi connectivity index (χ4n) is 2.92. The average Bonchev–Trinajstić information content (AvgIpc) is 2.69. The van der Waals surface area contributed by atoms with Crippen molar-refractivity contribution in [1.82, 2.24) is 0 Å². The minimum atomic E-state index is 0.978. The second-order valence-corrected chi connectivity index (χ2v) is 5.88. The average molecular weight is 322 g/mol. The summed E-state index contributed by atoms with van der Waals surface area (Å²) in [7, 11) is 0. The van der Waals surface area contributed by atoms with Gasteiger partial charge in [0, 0.05) is 0 Å². The van der Waals surface area contributed by atoms with Gasteiger partial charge in [-0.2, -0.15) is 5.10 Å². The molecule has 0 atom stereocenters. The van der Waals surface area contributed by atoms with Gasteiger partial charge in [-0.3, -0.25) is 5.43 Å². The maximum atomic E-state index is 4.29. The highest BCUT2D eigenvalue weighted by atomic mass is 15.3. The molecule has 0 bridgehead atoms. The third-order valence-corrected chi connectivity index (χ3v) is 4.19. The monoisotopic (exact) mass is 322 g/mol. The van der Waals surface area contributed by atoms with Crippen LogP contribution in [0.5, 0.6) is 0 Å². The van der Waals surface area contributed by atoms with Gasteiger partial charge in [-0.25, -0.2) is 0 Å². The van der Waals surface area contributed by atoms with Gasteiger partial charge in [-0.1, -0.05) is 84.9 Å². The standard InChI is InChI=1S/C23H18N2/c1-2-9-21(10-3-1)25-24-17-18-13-15-20(16-14-18)23-12-6-8-19-7-4-5-11-22(19)23/h1-17,25H. The first kappa shape index (κ1) is 15.2. The van der Waals surface area contributed by atoms with Gasteiger partial charge in [-0.15, -0.1) is 0 Å². The second kappa shape index (κ2) is 7.02. The van der Waals surface area contributed by atoms with Crippen molar-refractivity contribution >= 4 is 22.7 Å². The maximum absolute atomic E-state index is 4.29. The van der Waals surface area contributed by atoms with Crippen LogP contribution < -0.4 is 5.43 Å². The van der Waals surface area contributed by atoms with Gasteiger partial charge in [0.2, 0.25) is 0 Å². The Hall–Kier alpha value is -3.39. The maximum Gasteiger partial charge on any atom is 0.0561 e. The van der Waals surface area contributed by atoms with Gasteiger partial charge in [0.05, 0.1) is 11.9 Å². The van der Waals surface area contributed by atoms with Gasteiger partial charge in [0.25, 0.3) is 0 Å². The number of nitrogens with zero attached hydrogens (tertiary/aromatic N) is 1. The normalized spacial score (nSPS) is 11.0. The molecular weight excluding hydrogens is 304 g/mol. The number of para-hydroxylation sites is 1. The summed E-state index contributed by atoms with van der Waals surface area (Å²) in [5, 5.41) is 6.83. The lowest BCUT2D eigenvalue weighted by molar-refractivity contribution is 1.35. The Balaban J connectivity index is 1.55. The van der Waals surface area contributed by atoms with Crippen molar-refractivity contribution in [3.63, 3.8) is 0 Å². The van der Waals surface area contributed by atoms with Crippen LogP contribution in [-0.2, 0) is 0 Å². The van der Waals surface area contributed by atoms with Crippen LogP contribution in [-0.4, -0.2) is 6.21 Å². The van der Waals surface area contributed by atoms with Crippen LogP contribution in [0, 0.1) is 0 Å². The van der Waals surface area contributed by atoms with E-state index in [-0.39, 0.29) is 0 Å². The number of anilines is 1. The highest BCUT2D eigenvalue weighted by Gasteiger charge is 2.02. The second-order valence-electron chi connectivity index (χ2n) is 5.88. The summed E-state index contributed by atoms with van der Waals surface area (Å²) in [6, 6.07) is 33.3. The van der Waals surface area contributed by atoms with Crippen LogP contribution >= 0.6 is 0 Å². The van der Waals surface area contributed by atoms with Crippen LogP contribution in [0.2, 0.25) is 0 Å². The van der Waals surface area contributed by atoms with Gasteiger partial charge in [0.15, 0.2) is 0 Å². The van der Waals surface area contributed by atoms with Crippen LogP contribution in [0.25, 0.3) is 21.9 Å². The van der Waals surface area contributed by atoms with Gasteiger partial charge in [0.1, 0.15) is 0 Å². The van der Waals surface area contributed by atoms with Crippen molar-refractivity contribution in [2.45, 2.75) is 0 Å². The van der Waals surface area contributed by atoms with Crippen LogP contribution in [0.1, 0.15) is 5.56 Å². The van der Waals surface area contributed by atoms with Crippen LogP contribution in [0.15, 0.2) is 102 Å². The Morgan fingerprint density at radius 3 is 2.20 bits per heavy atom. The summed E-state index contributed by atoms with van der Waals surface area (Å²) >= 11 is 0. The summed E-state index contributed by atoms with van der Waals surface area (Å²) in [5.74, 6) is 0. The number of rotatable bonds is 4. The lowest BCUT2D eigenvalue weighted by Crippen LogP contribution is -1.90. The van der Waals surface area contributed by atoms with Crippen LogP contribution in [0.4, 0.5) is 5.69 Å². The third-order valence-electron chi connectivity index (χ3n) is 4.19. The van der Waals surface area contributed by atoms with Crippen LogP contribution in [0.3, 0.4) is 0 Å². The van der Waals surface area contributed by atoms with E-state index >= 15 is 0 Å². The molecular formula is C23H18N2. The van der Waals surface area contributed by atoms with Gasteiger partial charge >= 0.3 is 0 Å². The topological polar surface area (TPSA) is 24.4 Å². The van der Waals surface area contributed by atoms with E-state index in [0.29, 0.717) is 0 Å². The number of benzene rings is 4. The van der Waals surface area contributed by atoms with E-state index in [1.807, 2.05) is 36.5 Å². The Bertz CT molecular complexity index is 998. The summed E-state index contributed by atoms with van der Waals surface area (Å²) in [6.07, 6.45) is 1.83. The molecule has 0 aliphatic heterocycles. The fourth-order valence-corrected chi connectivity index (χ4v) is 2.92. The van der Waals surface area contributed by atoms with E-state index in [0.717, 1.165) is 11.3 Å². The first-order chi connectivity index (χ1) is 12.4. The Morgan fingerprint density at radius 1 is 0.640 bits per heavy atom. The zero-order chi connectivity index (χ0) is 16.9. The molecule has 0 fully saturated rings. The van der Waals surface area contributed by atoms with E-state index < -0.39 is 0 Å². The Morgan fingerprint density at radius 2 is 1.36 bits per heavy atom. The Labute approximate surface area is 147 Å². The first-order valence-corrected chi connectivity index (χ1v) is 8.32. The molecule has 0 spiro atoms. The van der Waals surface area contributed by atoms with E-state index in [4.69, 9.17) is 0 Å². The lowest BCUT2D eigenvalue weighted by Gasteiger charge is -2.07. The molecule has 0 amide bonds. The van der Waals surface area contributed by atoms with Gasteiger partial charge < -0.3 is 0 Å². The first-order valence-electron chi connectivity index (χ1n) is 8.32. The molecule has 0 radical (unpaired) electrons. The zero-order valence-electron chi connectivity index (χ0n) is 13.8. The van der Waals surface area contributed by atoms with Gasteiger partial charge in [-0.05, 0) is 39.6 Å². The van der Waals surface area contributed by atoms with Crippen molar-refractivity contribution in [2.75, 3.05) is 5.43 Å². The molecule has 4 rings (SSSR count). The summed E-state index contributed by atoms with van der Waals surface area (Å²) in [4.78, 5) is 0. The highest BCUT2D eigenvalue weighted by molar-refractivity contribution is 5.97. The molecule has 0 aromatic heterocycles. The zero-order valence-corrected chi connectivity index (χ0v) is 13.8. The molecule has 0 saturated heterocycles. The predicted molar refractivity (Wildman–Crippen MR) is 107 cm³/mol. The minimum absolute atomic E-state index is 0.978. The summed E-state index contributed by atoms with van der Waals surface area (Å²) < 4.78 is 0. The predicted octanol–water partition coefficient (Wildman–Crippen LogP) is 5.95. The van der Waals surface area contributed by atoms with Crippen molar-refractivity contribution in [2.24, 2.45) is 5.10 Å². The van der Waals surface area contributed by atoms with Crippen molar-refractivity contribution < 1.29 is 0 Å². The molecule has 0 saturated carbocycles. The lowest BCUT2D eigenvalue weighted by atomic mass is 9.98. The molecule has 2 nitrogen and oxygen atoms in total. The Kier molecular flexibility index (Phi) is 4.25. The number of hydrogen-bond acceptors (Lipinski definition) is 2. The molecule has 25 heavy (non-hydrogen) atoms. The highest BCUT2D eigenvalue weighted by Crippen LogP contribution is 2.28. The molecule has 4 aromatic rings. The smallest absolute Gasteiger partial charge is 0.0561 e. The SMILES string of the molecule is C(=NNc1ccccc1)c1ccc(-c2cccc3ccccc23)cc1. The number of hydrogen-bond donors (Lipinski definition) is 1. The largest absolute Gasteiger partial charge is 0.279 e. The van der Waals surface area contributed by atoms with E-state index in [9.17, 15) is 0 Å². The molecule has 120 valence electrons. The van der Waals surface area contributed by atoms with E-state index in [1.165, 1.54) is 21.9 Å². The quantitative estimate of drug-likeness (QED) is 0.364. The molecule has 0 aliphatic rings. The molecule has 4 aromatic carbocycles. The number of fused-ring (bicyclic) bond motifs is 1. The molecule has 0 aliphatic carbocycles. The fraction of sp³-hybridized carbons (Fsp3) is 0. The number of nitrogens with one attached hydrogen (secondary N) is 1. The summed E-state index contributed by atoms with van der Waals surface area (Å²) in [6.45, 7) is 0. The molecule has 0 heterocycles. The van der Waals surface area contributed by atoms with Crippen molar-refractivity contribution in [3.8, 4) is 11.1 Å². The van der Waals surface area contributed by atoms with E-state index in [1.54, 1.807) is 0 Å². The minimum Gasteiger partial charge on any atom is -0.279 e.